The van der Waals surface area contributed by atoms with E-state index in [0.29, 0.717) is 0 Å². The van der Waals surface area contributed by atoms with E-state index in [1.807, 2.05) is 0 Å². The molecule has 5 nitrogen and oxygen atoms in total. The van der Waals surface area contributed by atoms with Crippen LogP contribution in [-0.2, 0) is 19.6 Å². The van der Waals surface area contributed by atoms with Gasteiger partial charge in [-0.05, 0) is 0 Å². The van der Waals surface area contributed by atoms with Crippen molar-refractivity contribution in [3.05, 3.63) is 0 Å². The quantitative estimate of drug-likeness (QED) is 0.515. The highest BCUT2D eigenvalue weighted by Gasteiger charge is 2.82. The summed E-state index contributed by atoms with van der Waals surface area (Å²) in [4.78, 5) is 0. The van der Waals surface area contributed by atoms with Crippen LogP contribution in [0.2, 0.25) is 0 Å². The first-order chi connectivity index (χ1) is 10.4. The van der Waals surface area contributed by atoms with E-state index in [-0.39, 0.29) is 0 Å². The van der Waals surface area contributed by atoms with Crippen LogP contribution in [0.3, 0.4) is 0 Å². The minimum Gasteiger partial charge on any atom is -0.281 e. The summed E-state index contributed by atoms with van der Waals surface area (Å²) in [5.41, 5.74) is 0. The Morgan fingerprint density at radius 1 is 0.640 bits per heavy atom. The molecule has 0 aliphatic heterocycles. The highest BCUT2D eigenvalue weighted by atomic mass is 32.2. The van der Waals surface area contributed by atoms with Crippen LogP contribution in [0.5, 0.6) is 0 Å². The van der Waals surface area contributed by atoms with Crippen LogP contribution < -0.4 is 0 Å². The molecule has 0 saturated heterocycles. The van der Waals surface area contributed by atoms with Gasteiger partial charge in [0.15, 0.2) is 0 Å². The lowest BCUT2D eigenvalue weighted by atomic mass is 10.2. The summed E-state index contributed by atoms with van der Waals surface area (Å²) in [6.45, 7) is 0. The van der Waals surface area contributed by atoms with E-state index in [1.54, 1.807) is 0 Å². The second-order valence-electron chi connectivity index (χ2n) is 3.77. The highest BCUT2D eigenvalue weighted by Crippen LogP contribution is 2.53. The van der Waals surface area contributed by atoms with Gasteiger partial charge in [0.2, 0.25) is 0 Å². The monoisotopic (exact) mass is 432 g/mol. The van der Waals surface area contributed by atoms with Crippen LogP contribution in [0.1, 0.15) is 0 Å². The molecule has 1 unspecified atom stereocenters. The van der Waals surface area contributed by atoms with E-state index in [2.05, 4.69) is 0 Å². The van der Waals surface area contributed by atoms with Crippen molar-refractivity contribution >= 4 is 10.1 Å². The first-order valence-corrected chi connectivity index (χ1v) is 6.18. The minimum atomic E-state index is -7.63. The van der Waals surface area contributed by atoms with Crippen molar-refractivity contribution < 1.29 is 79.5 Å². The third kappa shape index (κ3) is 4.56. The molecule has 0 fully saturated rings. The molecule has 0 radical (unpaired) electrons. The molecular weight excluding hydrogens is 431 g/mol. The van der Waals surface area contributed by atoms with Crippen LogP contribution in [0, 0.1) is 0 Å². The van der Waals surface area contributed by atoms with Gasteiger partial charge >= 0.3 is 46.0 Å². The van der Waals surface area contributed by atoms with Gasteiger partial charge in [0.25, 0.3) is 0 Å². The number of ether oxygens (including phenoxy) is 2. The Bertz CT molecular complexity index is 591. The largest absolute Gasteiger partial charge is 0.527 e. The van der Waals surface area contributed by atoms with Crippen molar-refractivity contribution in [3.8, 4) is 0 Å². The third-order valence-corrected chi connectivity index (χ3v) is 2.80. The standard InChI is InChI=1S/C6HF13O5S/c7-1(2(8,9)10,3(11,12)24-6(17,18)19)23-4(13,14)5(15,16)25(20,21)22/h(H,20,21,22). The van der Waals surface area contributed by atoms with Gasteiger partial charge in [-0.15, -0.1) is 13.2 Å². The number of hydrogen-bond donors (Lipinski definition) is 1. The van der Waals surface area contributed by atoms with Crippen molar-refractivity contribution in [2.45, 2.75) is 35.9 Å². The lowest BCUT2D eigenvalue weighted by Gasteiger charge is -2.37. The Kier molecular flexibility index (Phi) is 5.72. The summed E-state index contributed by atoms with van der Waals surface area (Å²) in [7, 11) is -7.41. The van der Waals surface area contributed by atoms with Crippen LogP contribution in [0.15, 0.2) is 0 Å². The first kappa shape index (κ1) is 23.9. The van der Waals surface area contributed by atoms with Gasteiger partial charge in [0.05, 0.1) is 0 Å². The molecule has 19 heteroatoms. The first-order valence-electron chi connectivity index (χ1n) is 4.74. The summed E-state index contributed by atoms with van der Waals surface area (Å²) < 4.78 is 191. The predicted molar refractivity (Wildman–Crippen MR) is 44.5 cm³/mol. The molecule has 0 spiro atoms. The second kappa shape index (κ2) is 5.98. The predicted octanol–water partition coefficient (Wildman–Crippen LogP) is 3.43. The molecule has 1 atom stereocenters. The molecule has 0 aliphatic rings. The fourth-order valence-corrected chi connectivity index (χ4v) is 1.22. The Morgan fingerprint density at radius 3 is 1.24 bits per heavy atom. The molecule has 25 heavy (non-hydrogen) atoms. The molecule has 0 amide bonds. The van der Waals surface area contributed by atoms with Crippen molar-refractivity contribution in [1.82, 2.24) is 0 Å². The van der Waals surface area contributed by atoms with Crippen LogP contribution in [0.25, 0.3) is 0 Å². The van der Waals surface area contributed by atoms with E-state index >= 15 is 0 Å². The Morgan fingerprint density at radius 2 is 1.00 bits per heavy atom. The van der Waals surface area contributed by atoms with Crippen molar-refractivity contribution in [1.29, 1.82) is 0 Å². The van der Waals surface area contributed by atoms with Crippen molar-refractivity contribution in [2.24, 2.45) is 0 Å². The van der Waals surface area contributed by atoms with E-state index in [0.717, 1.165) is 0 Å². The zero-order valence-corrected chi connectivity index (χ0v) is 11.2. The summed E-state index contributed by atoms with van der Waals surface area (Å²) in [6.07, 6.45) is -29.3. The summed E-state index contributed by atoms with van der Waals surface area (Å²) >= 11 is 0. The van der Waals surface area contributed by atoms with Gasteiger partial charge in [0.1, 0.15) is 0 Å². The lowest BCUT2D eigenvalue weighted by Crippen LogP contribution is -2.65. The van der Waals surface area contributed by atoms with Gasteiger partial charge in [-0.2, -0.15) is 52.3 Å². The fourth-order valence-electron chi connectivity index (χ4n) is 0.879. The zero-order valence-electron chi connectivity index (χ0n) is 10.4. The molecule has 0 aromatic carbocycles. The Balaban J connectivity index is 6.29. The molecule has 0 rings (SSSR count). The molecule has 0 aliphatic carbocycles. The average Bonchev–Trinajstić information content (AvgIpc) is 2.20. The van der Waals surface area contributed by atoms with Crippen LogP contribution in [-0.4, -0.2) is 48.8 Å². The molecule has 1 N–H and O–H groups in total. The SMILES string of the molecule is O=S(=O)(O)C(F)(F)C(F)(F)OC(F)(C(F)(F)F)C(F)(F)OC(F)(F)F. The minimum absolute atomic E-state index is 1.32. The number of rotatable bonds is 6. The second-order valence-corrected chi connectivity index (χ2v) is 5.23. The van der Waals surface area contributed by atoms with Gasteiger partial charge < -0.3 is 0 Å². The van der Waals surface area contributed by atoms with E-state index < -0.39 is 46.0 Å². The average molecular weight is 432 g/mol. The van der Waals surface area contributed by atoms with Crippen molar-refractivity contribution in [3.63, 3.8) is 0 Å². The molecule has 0 aromatic heterocycles. The van der Waals surface area contributed by atoms with Crippen molar-refractivity contribution in [2.75, 3.05) is 0 Å². The molecule has 0 heterocycles. The smallest absolute Gasteiger partial charge is 0.281 e. The summed E-state index contributed by atoms with van der Waals surface area (Å²) in [5, 5.41) is -7.18. The molecule has 0 aromatic rings. The van der Waals surface area contributed by atoms with Gasteiger partial charge in [-0.3, -0.25) is 9.29 Å². The van der Waals surface area contributed by atoms with Gasteiger partial charge in [-0.1, -0.05) is 0 Å². The zero-order chi connectivity index (χ0) is 20.9. The maximum atomic E-state index is 13.2. The fraction of sp³-hybridized carbons (Fsp3) is 1.00. The van der Waals surface area contributed by atoms with E-state index in [9.17, 15) is 65.5 Å². The Labute approximate surface area is 127 Å². The molecular formula is C6HF13O5S. The molecule has 0 bridgehead atoms. The van der Waals surface area contributed by atoms with Crippen LogP contribution in [0.4, 0.5) is 57.1 Å². The highest BCUT2D eigenvalue weighted by molar-refractivity contribution is 7.86. The number of alkyl halides is 13. The summed E-state index contributed by atoms with van der Waals surface area (Å²) in [6, 6.07) is 0. The number of halogens is 13. The Hall–Kier alpha value is -1.08. The van der Waals surface area contributed by atoms with E-state index in [4.69, 9.17) is 4.55 Å². The summed E-state index contributed by atoms with van der Waals surface area (Å²) in [5.74, 6) is -7.63. The lowest BCUT2D eigenvalue weighted by molar-refractivity contribution is -0.546. The van der Waals surface area contributed by atoms with Gasteiger partial charge in [-0.25, -0.2) is 4.74 Å². The number of hydrogen-bond acceptors (Lipinski definition) is 4. The van der Waals surface area contributed by atoms with E-state index in [1.165, 1.54) is 9.47 Å². The maximum absolute atomic E-state index is 13.2. The maximum Gasteiger partial charge on any atom is 0.527 e. The molecule has 0 saturated carbocycles. The molecule has 152 valence electrons. The topological polar surface area (TPSA) is 72.8 Å². The van der Waals surface area contributed by atoms with Gasteiger partial charge in [0, 0.05) is 0 Å². The normalized spacial score (nSPS) is 18.2. The third-order valence-electron chi connectivity index (χ3n) is 1.91. The van der Waals surface area contributed by atoms with Crippen LogP contribution >= 0.6 is 0 Å².